The van der Waals surface area contributed by atoms with Gasteiger partial charge in [-0.2, -0.15) is 8.78 Å². The van der Waals surface area contributed by atoms with E-state index in [0.717, 1.165) is 36.8 Å². The van der Waals surface area contributed by atoms with Crippen molar-refractivity contribution in [2.45, 2.75) is 58.7 Å². The van der Waals surface area contributed by atoms with Gasteiger partial charge in [0.15, 0.2) is 0 Å². The Bertz CT molecular complexity index is 471. The summed E-state index contributed by atoms with van der Waals surface area (Å²) < 4.78 is 32.8. The van der Waals surface area contributed by atoms with Crippen LogP contribution in [0.4, 0.5) is 8.78 Å². The van der Waals surface area contributed by atoms with E-state index in [1.165, 1.54) is 0 Å². The van der Waals surface area contributed by atoms with E-state index in [1.807, 2.05) is 38.1 Å². The quantitative estimate of drug-likeness (QED) is 0.596. The van der Waals surface area contributed by atoms with Crippen molar-refractivity contribution in [2.24, 2.45) is 11.8 Å². The number of benzene rings is 1. The second-order valence-electron chi connectivity index (χ2n) is 6.42. The second kappa shape index (κ2) is 7.87. The average Bonchev–Trinajstić information content (AvgIpc) is 2.49. The Hall–Kier alpha value is -1.22. The van der Waals surface area contributed by atoms with Crippen LogP contribution in [0.2, 0.25) is 0 Å². The van der Waals surface area contributed by atoms with Crippen LogP contribution in [0, 0.1) is 18.8 Å². The zero-order chi connectivity index (χ0) is 16.0. The van der Waals surface area contributed by atoms with Gasteiger partial charge in [0.1, 0.15) is 0 Å². The molecule has 1 nitrogen and oxygen atoms in total. The Morgan fingerprint density at radius 3 is 2.36 bits per heavy atom. The van der Waals surface area contributed by atoms with Gasteiger partial charge in [0.25, 0.3) is 0 Å². The number of alkyl halides is 2. The smallest absolute Gasteiger partial charge is 0.316 e. The van der Waals surface area contributed by atoms with E-state index in [0.29, 0.717) is 5.92 Å². The third-order valence-electron chi connectivity index (χ3n) is 4.45. The van der Waals surface area contributed by atoms with Gasteiger partial charge in [-0.15, -0.1) is 0 Å². The number of aryl methyl sites for hydroxylation is 1. The highest BCUT2D eigenvalue weighted by molar-refractivity contribution is 5.20. The number of ether oxygens (including phenoxy) is 1. The van der Waals surface area contributed by atoms with E-state index in [2.05, 4.69) is 12.2 Å². The summed E-state index contributed by atoms with van der Waals surface area (Å²) in [4.78, 5) is 0. The molecule has 22 heavy (non-hydrogen) atoms. The third-order valence-corrected chi connectivity index (χ3v) is 4.45. The predicted octanol–water partition coefficient (Wildman–Crippen LogP) is 5.88. The Morgan fingerprint density at radius 1 is 1.14 bits per heavy atom. The fourth-order valence-corrected chi connectivity index (χ4v) is 3.13. The van der Waals surface area contributed by atoms with Crippen LogP contribution in [-0.2, 0) is 11.3 Å². The largest absolute Gasteiger partial charge is 0.356 e. The normalized spacial score (nSPS) is 23.1. The Balaban J connectivity index is 1.77. The van der Waals surface area contributed by atoms with E-state index >= 15 is 0 Å². The number of halogens is 2. The highest BCUT2D eigenvalue weighted by Crippen LogP contribution is 2.37. The first-order valence-corrected chi connectivity index (χ1v) is 8.18. The number of hydrogen-bond donors (Lipinski definition) is 0. The highest BCUT2D eigenvalue weighted by Gasteiger charge is 2.35. The molecule has 0 saturated heterocycles. The molecule has 1 aromatic rings. The molecule has 0 N–H and O–H groups in total. The monoisotopic (exact) mass is 308 g/mol. The van der Waals surface area contributed by atoms with Crippen LogP contribution in [0.15, 0.2) is 36.4 Å². The summed E-state index contributed by atoms with van der Waals surface area (Å²) in [5.41, 5.74) is 1.91. The molecule has 0 aromatic heterocycles. The molecule has 0 atom stereocenters. The van der Waals surface area contributed by atoms with Crippen LogP contribution in [-0.4, -0.2) is 6.11 Å². The molecule has 0 aliphatic heterocycles. The van der Waals surface area contributed by atoms with Gasteiger partial charge in [0.05, 0.1) is 6.61 Å². The van der Waals surface area contributed by atoms with E-state index in [4.69, 9.17) is 4.74 Å². The van der Waals surface area contributed by atoms with Crippen molar-refractivity contribution < 1.29 is 13.5 Å². The minimum Gasteiger partial charge on any atom is -0.316 e. The first kappa shape index (κ1) is 17.1. The molecule has 0 bridgehead atoms. The Morgan fingerprint density at radius 2 is 1.77 bits per heavy atom. The van der Waals surface area contributed by atoms with Crippen LogP contribution < -0.4 is 0 Å². The van der Waals surface area contributed by atoms with Gasteiger partial charge in [0.2, 0.25) is 0 Å². The maximum Gasteiger partial charge on any atom is 0.356 e. The molecule has 0 spiro atoms. The molecule has 122 valence electrons. The second-order valence-corrected chi connectivity index (χ2v) is 6.42. The summed E-state index contributed by atoms with van der Waals surface area (Å²) in [5.74, 6) is 0.651. The lowest BCUT2D eigenvalue weighted by atomic mass is 9.80. The number of hydrogen-bond acceptors (Lipinski definition) is 1. The Labute approximate surface area is 132 Å². The van der Waals surface area contributed by atoms with Gasteiger partial charge >= 0.3 is 6.11 Å². The van der Waals surface area contributed by atoms with Gasteiger partial charge in [-0.1, -0.05) is 42.0 Å². The summed E-state index contributed by atoms with van der Waals surface area (Å²) in [5, 5.41) is 0. The molecule has 1 aliphatic rings. The predicted molar refractivity (Wildman–Crippen MR) is 85.8 cm³/mol. The highest BCUT2D eigenvalue weighted by atomic mass is 19.3. The lowest BCUT2D eigenvalue weighted by molar-refractivity contribution is -0.256. The van der Waals surface area contributed by atoms with Crippen molar-refractivity contribution in [1.82, 2.24) is 0 Å². The Kier molecular flexibility index (Phi) is 6.13. The topological polar surface area (TPSA) is 9.23 Å². The number of allylic oxidation sites excluding steroid dienone is 2. The van der Waals surface area contributed by atoms with Crippen molar-refractivity contribution in [3.8, 4) is 0 Å². The molecule has 1 aliphatic carbocycles. The minimum absolute atomic E-state index is 0.0266. The molecule has 0 amide bonds. The van der Waals surface area contributed by atoms with E-state index in [-0.39, 0.29) is 18.9 Å². The van der Waals surface area contributed by atoms with Crippen molar-refractivity contribution in [3.05, 3.63) is 47.5 Å². The zero-order valence-corrected chi connectivity index (χ0v) is 13.5. The maximum atomic E-state index is 14.0. The fraction of sp³-hybridized carbons (Fsp3) is 0.579. The molecule has 1 fully saturated rings. The van der Waals surface area contributed by atoms with Crippen LogP contribution >= 0.6 is 0 Å². The third kappa shape index (κ3) is 5.53. The van der Waals surface area contributed by atoms with Gasteiger partial charge in [0, 0.05) is 6.42 Å². The van der Waals surface area contributed by atoms with Crippen molar-refractivity contribution in [1.29, 1.82) is 0 Å². The van der Waals surface area contributed by atoms with Gasteiger partial charge < -0.3 is 4.74 Å². The van der Waals surface area contributed by atoms with E-state index < -0.39 is 6.11 Å². The van der Waals surface area contributed by atoms with Crippen LogP contribution in [0.25, 0.3) is 0 Å². The van der Waals surface area contributed by atoms with Crippen molar-refractivity contribution in [2.75, 3.05) is 0 Å². The summed E-state index contributed by atoms with van der Waals surface area (Å²) in [6, 6.07) is 7.51. The minimum atomic E-state index is -3.02. The molecule has 3 heteroatoms. The molecular formula is C19H26F2O. The average molecular weight is 308 g/mol. The van der Waals surface area contributed by atoms with Crippen molar-refractivity contribution in [3.63, 3.8) is 0 Å². The lowest BCUT2D eigenvalue weighted by Gasteiger charge is -2.29. The summed E-state index contributed by atoms with van der Waals surface area (Å²) in [6.07, 6.45) is 4.86. The fourth-order valence-electron chi connectivity index (χ4n) is 3.13. The maximum absolute atomic E-state index is 14.0. The lowest BCUT2D eigenvalue weighted by Crippen LogP contribution is -2.26. The SMILES string of the molecule is C/C=C/C1CCC(CC(F)(F)OCc2ccc(C)cc2)CC1. The first-order chi connectivity index (χ1) is 10.5. The summed E-state index contributed by atoms with van der Waals surface area (Å²) >= 11 is 0. The van der Waals surface area contributed by atoms with Gasteiger partial charge in [-0.3, -0.25) is 0 Å². The van der Waals surface area contributed by atoms with Crippen LogP contribution in [0.5, 0.6) is 0 Å². The van der Waals surface area contributed by atoms with Crippen LogP contribution in [0.3, 0.4) is 0 Å². The van der Waals surface area contributed by atoms with E-state index in [1.54, 1.807) is 0 Å². The first-order valence-electron chi connectivity index (χ1n) is 8.18. The molecule has 1 saturated carbocycles. The standard InChI is InChI=1S/C19H26F2O/c1-3-4-16-9-11-17(12-10-16)13-19(20,21)22-14-18-7-5-15(2)6-8-18/h3-8,16-17H,9-14H2,1-2H3/b4-3+. The van der Waals surface area contributed by atoms with Gasteiger partial charge in [-0.25, -0.2) is 0 Å². The van der Waals surface area contributed by atoms with Gasteiger partial charge in [-0.05, 0) is 56.9 Å². The van der Waals surface area contributed by atoms with E-state index in [9.17, 15) is 8.78 Å². The molecular weight excluding hydrogens is 282 g/mol. The molecule has 0 radical (unpaired) electrons. The molecule has 1 aromatic carbocycles. The van der Waals surface area contributed by atoms with Crippen LogP contribution in [0.1, 0.15) is 50.2 Å². The molecule has 0 heterocycles. The zero-order valence-electron chi connectivity index (χ0n) is 13.5. The number of rotatable bonds is 6. The molecule has 2 rings (SSSR count). The summed E-state index contributed by atoms with van der Waals surface area (Å²) in [7, 11) is 0. The van der Waals surface area contributed by atoms with Crippen molar-refractivity contribution >= 4 is 0 Å². The molecule has 0 unspecified atom stereocenters. The summed E-state index contributed by atoms with van der Waals surface area (Å²) in [6.45, 7) is 3.96.